The monoisotopic (exact) mass is 237 g/mol. The third-order valence-corrected chi connectivity index (χ3v) is 2.52. The van der Waals surface area contributed by atoms with E-state index in [1.54, 1.807) is 0 Å². The lowest BCUT2D eigenvalue weighted by Gasteiger charge is -2.04. The van der Waals surface area contributed by atoms with Gasteiger partial charge in [0, 0.05) is 11.3 Å². The van der Waals surface area contributed by atoms with Gasteiger partial charge >= 0.3 is 0 Å². The highest BCUT2D eigenvalue weighted by Crippen LogP contribution is 2.29. The van der Waals surface area contributed by atoms with Gasteiger partial charge in [0.1, 0.15) is 0 Å². The molecule has 2 nitrogen and oxygen atoms in total. The first-order chi connectivity index (χ1) is 6.06. The van der Waals surface area contributed by atoms with Crippen LogP contribution < -0.4 is 5.73 Å². The fourth-order valence-electron chi connectivity index (χ4n) is 0.885. The maximum absolute atomic E-state index is 11.2. The number of hydrogen-bond donors (Lipinski definition) is 1. The number of ketones is 1. The van der Waals surface area contributed by atoms with Crippen LogP contribution in [0.15, 0.2) is 12.1 Å². The van der Waals surface area contributed by atoms with Crippen molar-refractivity contribution in [2.45, 2.75) is 0 Å². The van der Waals surface area contributed by atoms with Gasteiger partial charge in [0.2, 0.25) is 0 Å². The second kappa shape index (κ2) is 4.18. The molecule has 13 heavy (non-hydrogen) atoms. The van der Waals surface area contributed by atoms with E-state index >= 15 is 0 Å². The minimum absolute atomic E-state index is 0.139. The van der Waals surface area contributed by atoms with E-state index in [1.807, 2.05) is 0 Å². The largest absolute Gasteiger partial charge is 0.399 e. The van der Waals surface area contributed by atoms with Gasteiger partial charge in [0.05, 0.1) is 15.9 Å². The van der Waals surface area contributed by atoms with Crippen molar-refractivity contribution in [3.8, 4) is 0 Å². The third kappa shape index (κ3) is 2.27. The summed E-state index contributed by atoms with van der Waals surface area (Å²) in [5.74, 6) is -0.430. The lowest BCUT2D eigenvalue weighted by molar-refractivity contribution is 0.102. The van der Waals surface area contributed by atoms with Gasteiger partial charge in [0.15, 0.2) is 5.78 Å². The molecule has 0 aliphatic rings. The highest BCUT2D eigenvalue weighted by atomic mass is 35.5. The fourth-order valence-corrected chi connectivity index (χ4v) is 1.47. The Bertz CT molecular complexity index is 351. The summed E-state index contributed by atoms with van der Waals surface area (Å²) in [6.45, 7) is 0. The van der Waals surface area contributed by atoms with Gasteiger partial charge in [-0.15, -0.1) is 11.6 Å². The molecule has 1 aromatic carbocycles. The number of halogens is 3. The van der Waals surface area contributed by atoms with Gasteiger partial charge in [0.25, 0.3) is 0 Å². The summed E-state index contributed by atoms with van der Waals surface area (Å²) < 4.78 is 0. The SMILES string of the molecule is Nc1cc(Cl)c(Cl)c(C(=O)CCl)c1. The van der Waals surface area contributed by atoms with Gasteiger partial charge < -0.3 is 5.73 Å². The van der Waals surface area contributed by atoms with Crippen molar-refractivity contribution in [1.82, 2.24) is 0 Å². The van der Waals surface area contributed by atoms with E-state index in [9.17, 15) is 4.79 Å². The zero-order valence-corrected chi connectivity index (χ0v) is 8.75. The average Bonchev–Trinajstić information content (AvgIpc) is 2.10. The van der Waals surface area contributed by atoms with Crippen LogP contribution in [-0.4, -0.2) is 11.7 Å². The first kappa shape index (κ1) is 10.6. The number of benzene rings is 1. The maximum atomic E-state index is 11.2. The molecule has 2 N–H and O–H groups in total. The van der Waals surface area contributed by atoms with Crippen LogP contribution >= 0.6 is 34.8 Å². The van der Waals surface area contributed by atoms with Crippen LogP contribution in [-0.2, 0) is 0 Å². The van der Waals surface area contributed by atoms with Gasteiger partial charge in [-0.2, -0.15) is 0 Å². The first-order valence-corrected chi connectivity index (χ1v) is 4.69. The van der Waals surface area contributed by atoms with Gasteiger partial charge in [-0.1, -0.05) is 23.2 Å². The van der Waals surface area contributed by atoms with Crippen LogP contribution in [0.4, 0.5) is 5.69 Å². The van der Waals surface area contributed by atoms with E-state index in [2.05, 4.69) is 0 Å². The molecule has 0 radical (unpaired) electrons. The molecule has 0 aromatic heterocycles. The summed E-state index contributed by atoms with van der Waals surface area (Å²) in [4.78, 5) is 11.2. The molecule has 0 aliphatic carbocycles. The van der Waals surface area contributed by atoms with Crippen LogP contribution in [0, 0.1) is 0 Å². The van der Waals surface area contributed by atoms with E-state index in [0.717, 1.165) is 0 Å². The minimum Gasteiger partial charge on any atom is -0.399 e. The summed E-state index contributed by atoms with van der Waals surface area (Å²) in [5, 5.41) is 0.455. The van der Waals surface area contributed by atoms with Crippen LogP contribution in [0.3, 0.4) is 0 Å². The Morgan fingerprint density at radius 3 is 2.54 bits per heavy atom. The number of nitrogens with two attached hydrogens (primary N) is 1. The maximum Gasteiger partial charge on any atom is 0.179 e. The molecule has 0 aliphatic heterocycles. The standard InChI is InChI=1S/C8H6Cl3NO/c9-3-7(13)5-1-4(12)2-6(10)8(5)11/h1-2H,3,12H2. The summed E-state index contributed by atoms with van der Waals surface area (Å²) in [7, 11) is 0. The molecule has 0 fully saturated rings. The molecule has 5 heteroatoms. The lowest BCUT2D eigenvalue weighted by Crippen LogP contribution is -2.02. The number of rotatable bonds is 2. The molecule has 0 heterocycles. The van der Waals surface area contributed by atoms with Crippen molar-refractivity contribution >= 4 is 46.3 Å². The van der Waals surface area contributed by atoms with E-state index in [1.165, 1.54) is 12.1 Å². The Kier molecular flexibility index (Phi) is 3.42. The van der Waals surface area contributed by atoms with Crippen molar-refractivity contribution in [3.63, 3.8) is 0 Å². The molecule has 0 spiro atoms. The molecule has 0 saturated carbocycles. The number of Topliss-reactive ketones (excluding diaryl/α,β-unsaturated/α-hetero) is 1. The fraction of sp³-hybridized carbons (Fsp3) is 0.125. The molecule has 0 saturated heterocycles. The number of hydrogen-bond acceptors (Lipinski definition) is 2. The number of carbonyl (C=O) groups is 1. The quantitative estimate of drug-likeness (QED) is 0.489. The lowest BCUT2D eigenvalue weighted by atomic mass is 10.1. The molecule has 70 valence electrons. The van der Waals surface area contributed by atoms with E-state index in [-0.39, 0.29) is 27.3 Å². The Labute approximate surface area is 90.6 Å². The van der Waals surface area contributed by atoms with E-state index < -0.39 is 0 Å². The van der Waals surface area contributed by atoms with Crippen molar-refractivity contribution in [2.24, 2.45) is 0 Å². The van der Waals surface area contributed by atoms with E-state index in [4.69, 9.17) is 40.5 Å². The average molecular weight is 239 g/mol. The van der Waals surface area contributed by atoms with Crippen LogP contribution in [0.5, 0.6) is 0 Å². The Morgan fingerprint density at radius 1 is 1.38 bits per heavy atom. The highest BCUT2D eigenvalue weighted by Gasteiger charge is 2.12. The molecular weight excluding hydrogens is 232 g/mol. The summed E-state index contributed by atoms with van der Waals surface area (Å²) in [5.41, 5.74) is 6.14. The van der Waals surface area contributed by atoms with Crippen molar-refractivity contribution in [1.29, 1.82) is 0 Å². The smallest absolute Gasteiger partial charge is 0.179 e. The predicted molar refractivity (Wildman–Crippen MR) is 55.9 cm³/mol. The molecular formula is C8H6Cl3NO. The van der Waals surface area contributed by atoms with Crippen molar-refractivity contribution in [2.75, 3.05) is 11.6 Å². The number of alkyl halides is 1. The Morgan fingerprint density at radius 2 is 2.00 bits per heavy atom. The normalized spacial score (nSPS) is 10.1. The Hall–Kier alpha value is -0.440. The van der Waals surface area contributed by atoms with Crippen molar-refractivity contribution in [3.05, 3.63) is 27.7 Å². The van der Waals surface area contributed by atoms with Crippen LogP contribution in [0.1, 0.15) is 10.4 Å². The summed E-state index contributed by atoms with van der Waals surface area (Å²) >= 11 is 16.9. The summed E-state index contributed by atoms with van der Waals surface area (Å²) in [6, 6.07) is 2.94. The first-order valence-electron chi connectivity index (χ1n) is 3.40. The highest BCUT2D eigenvalue weighted by molar-refractivity contribution is 6.45. The zero-order chi connectivity index (χ0) is 10.0. The van der Waals surface area contributed by atoms with E-state index in [0.29, 0.717) is 5.69 Å². The van der Waals surface area contributed by atoms with Crippen LogP contribution in [0.25, 0.3) is 0 Å². The Balaban J connectivity index is 3.28. The molecule has 1 rings (SSSR count). The van der Waals surface area contributed by atoms with Crippen molar-refractivity contribution < 1.29 is 4.79 Å². The summed E-state index contributed by atoms with van der Waals surface area (Å²) in [6.07, 6.45) is 0. The van der Waals surface area contributed by atoms with Gasteiger partial charge in [-0.05, 0) is 12.1 Å². The number of anilines is 1. The van der Waals surface area contributed by atoms with Gasteiger partial charge in [-0.25, -0.2) is 0 Å². The molecule has 0 unspecified atom stereocenters. The number of carbonyl (C=O) groups excluding carboxylic acids is 1. The third-order valence-electron chi connectivity index (χ3n) is 1.47. The second-order valence-corrected chi connectivity index (χ2v) is 3.47. The van der Waals surface area contributed by atoms with Gasteiger partial charge in [-0.3, -0.25) is 4.79 Å². The minimum atomic E-state index is -0.291. The molecule has 1 aromatic rings. The predicted octanol–water partition coefficient (Wildman–Crippen LogP) is 3.00. The number of nitrogen functional groups attached to an aromatic ring is 1. The second-order valence-electron chi connectivity index (χ2n) is 2.42. The topological polar surface area (TPSA) is 43.1 Å². The zero-order valence-electron chi connectivity index (χ0n) is 6.48. The molecule has 0 amide bonds. The van der Waals surface area contributed by atoms with Crippen LogP contribution in [0.2, 0.25) is 10.0 Å². The molecule has 0 atom stereocenters. The molecule has 0 bridgehead atoms.